The van der Waals surface area contributed by atoms with Crippen molar-refractivity contribution < 1.29 is 9.53 Å². The highest BCUT2D eigenvalue weighted by atomic mass is 16.5. The first-order valence-corrected chi connectivity index (χ1v) is 9.87. The number of hydrogen-bond donors (Lipinski definition) is 1. The topological polar surface area (TPSA) is 41.6 Å². The Kier molecular flexibility index (Phi) is 4.64. The van der Waals surface area contributed by atoms with Crippen LogP contribution in [0.1, 0.15) is 57.8 Å². The zero-order valence-electron chi connectivity index (χ0n) is 14.4. The maximum Gasteiger partial charge on any atom is 0.223 e. The van der Waals surface area contributed by atoms with E-state index in [0.717, 1.165) is 44.9 Å². The molecular formula is C19H32N2O2. The lowest BCUT2D eigenvalue weighted by atomic mass is 9.85. The number of carbonyl (C=O) groups excluding carboxylic acids is 1. The molecule has 2 saturated carbocycles. The maximum atomic E-state index is 12.7. The quantitative estimate of drug-likeness (QED) is 0.865. The number of nitrogens with zero attached hydrogens (tertiary/aromatic N) is 1. The van der Waals surface area contributed by atoms with Gasteiger partial charge in [-0.25, -0.2) is 0 Å². The number of carbonyl (C=O) groups is 1. The van der Waals surface area contributed by atoms with Crippen molar-refractivity contribution in [1.82, 2.24) is 10.2 Å². The maximum absolute atomic E-state index is 12.7. The van der Waals surface area contributed by atoms with Gasteiger partial charge in [-0.1, -0.05) is 12.8 Å². The van der Waals surface area contributed by atoms with Gasteiger partial charge in [-0.2, -0.15) is 0 Å². The molecule has 0 aromatic heterocycles. The number of fused-ring (bicyclic) bond motifs is 2. The highest BCUT2D eigenvalue weighted by Gasteiger charge is 2.44. The molecule has 4 fully saturated rings. The Morgan fingerprint density at radius 3 is 2.52 bits per heavy atom. The minimum atomic E-state index is 0.159. The summed E-state index contributed by atoms with van der Waals surface area (Å²) in [5.74, 6) is 2.18. The van der Waals surface area contributed by atoms with E-state index in [4.69, 9.17) is 4.74 Å². The van der Waals surface area contributed by atoms with Gasteiger partial charge in [0, 0.05) is 31.2 Å². The minimum absolute atomic E-state index is 0.159. The Hall–Kier alpha value is -0.610. The fourth-order valence-electron chi connectivity index (χ4n) is 5.67. The molecule has 2 heterocycles. The highest BCUT2D eigenvalue weighted by molar-refractivity contribution is 5.79. The molecule has 4 rings (SSSR count). The Morgan fingerprint density at radius 2 is 1.87 bits per heavy atom. The third kappa shape index (κ3) is 3.17. The molecule has 0 spiro atoms. The smallest absolute Gasteiger partial charge is 0.223 e. The Bertz CT molecular complexity index is 427. The molecule has 3 atom stereocenters. The monoisotopic (exact) mass is 320 g/mol. The summed E-state index contributed by atoms with van der Waals surface area (Å²) < 4.78 is 5.62. The molecule has 1 amide bonds. The van der Waals surface area contributed by atoms with Crippen molar-refractivity contribution in [3.05, 3.63) is 0 Å². The molecule has 4 heteroatoms. The van der Waals surface area contributed by atoms with Gasteiger partial charge in [-0.15, -0.1) is 0 Å². The fourth-order valence-corrected chi connectivity index (χ4v) is 5.67. The summed E-state index contributed by atoms with van der Waals surface area (Å²) >= 11 is 0. The number of hydrogen-bond acceptors (Lipinski definition) is 3. The molecule has 4 aliphatic rings. The van der Waals surface area contributed by atoms with E-state index in [1.54, 1.807) is 0 Å². The van der Waals surface area contributed by atoms with Crippen molar-refractivity contribution in [2.75, 3.05) is 32.8 Å². The van der Waals surface area contributed by atoms with Crippen LogP contribution in [-0.2, 0) is 9.53 Å². The van der Waals surface area contributed by atoms with Crippen molar-refractivity contribution in [2.45, 2.75) is 63.3 Å². The molecule has 2 aliphatic heterocycles. The third-order valence-electron chi connectivity index (χ3n) is 7.12. The second kappa shape index (κ2) is 6.72. The summed E-state index contributed by atoms with van der Waals surface area (Å²) in [6.45, 7) is 4.93. The van der Waals surface area contributed by atoms with Crippen molar-refractivity contribution in [3.63, 3.8) is 0 Å². The third-order valence-corrected chi connectivity index (χ3v) is 7.12. The molecule has 0 aromatic carbocycles. The van der Waals surface area contributed by atoms with Crippen LogP contribution >= 0.6 is 0 Å². The van der Waals surface area contributed by atoms with Gasteiger partial charge in [0.05, 0.1) is 0 Å². The van der Waals surface area contributed by atoms with E-state index in [9.17, 15) is 4.79 Å². The molecule has 2 bridgehead atoms. The fraction of sp³-hybridized carbons (Fsp3) is 0.947. The first-order chi connectivity index (χ1) is 11.3. The first kappa shape index (κ1) is 15.9. The van der Waals surface area contributed by atoms with E-state index >= 15 is 0 Å². The van der Waals surface area contributed by atoms with Gasteiger partial charge < -0.3 is 10.1 Å². The Morgan fingerprint density at radius 1 is 1.09 bits per heavy atom. The lowest BCUT2D eigenvalue weighted by Crippen LogP contribution is -2.60. The zero-order valence-corrected chi connectivity index (χ0v) is 14.4. The summed E-state index contributed by atoms with van der Waals surface area (Å²) in [7, 11) is 0. The number of ether oxygens (including phenoxy) is 1. The Balaban J connectivity index is 1.38. The number of likely N-dealkylation sites (tertiary alicyclic amines) is 1. The molecule has 23 heavy (non-hydrogen) atoms. The van der Waals surface area contributed by atoms with Gasteiger partial charge in [0.1, 0.15) is 0 Å². The summed E-state index contributed by atoms with van der Waals surface area (Å²) in [4.78, 5) is 15.4. The van der Waals surface area contributed by atoms with Gasteiger partial charge >= 0.3 is 0 Å². The molecule has 2 saturated heterocycles. The van der Waals surface area contributed by atoms with Crippen LogP contribution in [0.2, 0.25) is 0 Å². The largest absolute Gasteiger partial charge is 0.381 e. The lowest BCUT2D eigenvalue weighted by Gasteiger charge is -2.48. The number of amides is 1. The second-order valence-electron chi connectivity index (χ2n) is 8.38. The van der Waals surface area contributed by atoms with Crippen LogP contribution in [0.25, 0.3) is 0 Å². The molecule has 130 valence electrons. The van der Waals surface area contributed by atoms with Crippen LogP contribution in [0.15, 0.2) is 0 Å². The van der Waals surface area contributed by atoms with E-state index in [-0.39, 0.29) is 5.54 Å². The van der Waals surface area contributed by atoms with Gasteiger partial charge in [0.25, 0.3) is 0 Å². The van der Waals surface area contributed by atoms with E-state index in [1.165, 1.54) is 51.6 Å². The van der Waals surface area contributed by atoms with Gasteiger partial charge in [0.15, 0.2) is 0 Å². The minimum Gasteiger partial charge on any atom is -0.381 e. The Labute approximate surface area is 140 Å². The average molecular weight is 320 g/mol. The van der Waals surface area contributed by atoms with Gasteiger partial charge in [0.2, 0.25) is 5.91 Å². The molecule has 4 nitrogen and oxygen atoms in total. The van der Waals surface area contributed by atoms with E-state index in [1.807, 2.05) is 0 Å². The van der Waals surface area contributed by atoms with Crippen molar-refractivity contribution in [3.8, 4) is 0 Å². The SMILES string of the molecule is O=C(NCC1(N2CCCCC2)CCOCC1)[C@@H]1C[C@H]2CC[C@H]1C2. The zero-order chi connectivity index (χ0) is 15.7. The summed E-state index contributed by atoms with van der Waals surface area (Å²) in [5.41, 5.74) is 0.159. The summed E-state index contributed by atoms with van der Waals surface area (Å²) in [6.07, 6.45) is 11.2. The normalized spacial score (nSPS) is 37.0. The van der Waals surface area contributed by atoms with Crippen molar-refractivity contribution in [2.24, 2.45) is 17.8 Å². The van der Waals surface area contributed by atoms with Crippen LogP contribution in [-0.4, -0.2) is 49.2 Å². The predicted octanol–water partition coefficient (Wildman–Crippen LogP) is 2.57. The molecule has 0 radical (unpaired) electrons. The predicted molar refractivity (Wildman–Crippen MR) is 90.2 cm³/mol. The van der Waals surface area contributed by atoms with Gasteiger partial charge in [-0.05, 0) is 69.9 Å². The lowest BCUT2D eigenvalue weighted by molar-refractivity contribution is -0.128. The first-order valence-electron chi connectivity index (χ1n) is 9.87. The molecule has 0 aromatic rings. The molecule has 1 N–H and O–H groups in total. The summed E-state index contributed by atoms with van der Waals surface area (Å²) in [5, 5.41) is 3.38. The summed E-state index contributed by atoms with van der Waals surface area (Å²) in [6, 6.07) is 0. The number of piperidine rings is 1. The standard InChI is InChI=1S/C19H32N2O2/c22-18(17-13-15-4-5-16(17)12-15)20-14-19(6-10-23-11-7-19)21-8-2-1-3-9-21/h15-17H,1-14H2,(H,20,22)/t15-,16-,17+/m0/s1. The van der Waals surface area contributed by atoms with Gasteiger partial charge in [-0.3, -0.25) is 9.69 Å². The molecular weight excluding hydrogens is 288 g/mol. The number of rotatable bonds is 4. The van der Waals surface area contributed by atoms with E-state index in [0.29, 0.717) is 17.7 Å². The molecule has 0 unspecified atom stereocenters. The second-order valence-corrected chi connectivity index (χ2v) is 8.38. The van der Waals surface area contributed by atoms with E-state index < -0.39 is 0 Å². The van der Waals surface area contributed by atoms with E-state index in [2.05, 4.69) is 10.2 Å². The highest BCUT2D eigenvalue weighted by Crippen LogP contribution is 2.48. The van der Waals surface area contributed by atoms with Crippen molar-refractivity contribution in [1.29, 1.82) is 0 Å². The van der Waals surface area contributed by atoms with Crippen LogP contribution in [0.5, 0.6) is 0 Å². The van der Waals surface area contributed by atoms with Crippen LogP contribution in [0.3, 0.4) is 0 Å². The average Bonchev–Trinajstić information content (AvgIpc) is 3.25. The molecule has 2 aliphatic carbocycles. The van der Waals surface area contributed by atoms with Crippen LogP contribution in [0, 0.1) is 17.8 Å². The van der Waals surface area contributed by atoms with Crippen molar-refractivity contribution >= 4 is 5.91 Å². The van der Waals surface area contributed by atoms with Crippen LogP contribution in [0.4, 0.5) is 0 Å². The van der Waals surface area contributed by atoms with Crippen LogP contribution < -0.4 is 5.32 Å². The number of nitrogens with one attached hydrogen (secondary N) is 1.